The van der Waals surface area contributed by atoms with Crippen molar-refractivity contribution in [2.24, 2.45) is 0 Å². The van der Waals surface area contributed by atoms with E-state index in [1.54, 1.807) is 61.5 Å². The van der Waals surface area contributed by atoms with E-state index in [0.717, 1.165) is 28.3 Å². The second kappa shape index (κ2) is 14.4. The van der Waals surface area contributed by atoms with Gasteiger partial charge in [-0.3, -0.25) is 13.9 Å². The van der Waals surface area contributed by atoms with Crippen LogP contribution in [0.3, 0.4) is 0 Å². The summed E-state index contributed by atoms with van der Waals surface area (Å²) in [6, 6.07) is 17.7. The van der Waals surface area contributed by atoms with E-state index in [1.807, 2.05) is 20.8 Å². The number of carbonyl (C=O) groups excluding carboxylic acids is 2. The summed E-state index contributed by atoms with van der Waals surface area (Å²) in [6.45, 7) is 7.27. The Hall–Kier alpha value is -3.56. The number of benzene rings is 3. The molecule has 0 radical (unpaired) electrons. The molecular weight excluding hydrogens is 562 g/mol. The molecule has 3 aromatic carbocycles. The fraction of sp³-hybridized carbons (Fsp3) is 0.355. The highest BCUT2D eigenvalue weighted by molar-refractivity contribution is 7.92. The van der Waals surface area contributed by atoms with E-state index in [-0.39, 0.29) is 23.0 Å². The quantitative estimate of drug-likeness (QED) is 0.262. The minimum atomic E-state index is -4.21. The summed E-state index contributed by atoms with van der Waals surface area (Å²) in [6.07, 6.45) is 1.70. The van der Waals surface area contributed by atoms with Crippen molar-refractivity contribution in [1.82, 2.24) is 10.2 Å². The number of rotatable bonds is 13. The summed E-state index contributed by atoms with van der Waals surface area (Å²) < 4.78 is 34.7. The lowest BCUT2D eigenvalue weighted by molar-refractivity contribution is -0.139. The molecule has 0 heterocycles. The predicted molar refractivity (Wildman–Crippen MR) is 163 cm³/mol. The molecule has 0 aliphatic heterocycles. The minimum absolute atomic E-state index is 0.0181. The number of unbranched alkanes of at least 4 members (excludes halogenated alkanes) is 1. The zero-order valence-electron chi connectivity index (χ0n) is 24.2. The minimum Gasteiger partial charge on any atom is -0.495 e. The topological polar surface area (TPSA) is 96.0 Å². The summed E-state index contributed by atoms with van der Waals surface area (Å²) in [5, 5.41) is 3.31. The van der Waals surface area contributed by atoms with Crippen LogP contribution in [0.4, 0.5) is 5.69 Å². The molecule has 10 heteroatoms. The van der Waals surface area contributed by atoms with Gasteiger partial charge in [-0.05, 0) is 68.7 Å². The third kappa shape index (κ3) is 8.01. The van der Waals surface area contributed by atoms with Gasteiger partial charge in [0.05, 0.1) is 17.7 Å². The van der Waals surface area contributed by atoms with Crippen LogP contribution in [0.25, 0.3) is 0 Å². The van der Waals surface area contributed by atoms with Crippen LogP contribution in [0.15, 0.2) is 71.6 Å². The standard InChI is InChI=1S/C31H38ClN3O5S/c1-6-7-18-33-31(37)24(4)34(20-25-10-8-9-11-27(25)32)30(36)21-35(28-19-23(3)14-17-29(28)40-5)41(38,39)26-15-12-22(2)13-16-26/h8-17,19,24H,6-7,18,20-21H2,1-5H3,(H,33,37). The van der Waals surface area contributed by atoms with E-state index in [4.69, 9.17) is 16.3 Å². The van der Waals surface area contributed by atoms with Gasteiger partial charge in [0, 0.05) is 18.1 Å². The summed E-state index contributed by atoms with van der Waals surface area (Å²) in [7, 11) is -2.77. The predicted octanol–water partition coefficient (Wildman–Crippen LogP) is 5.49. The molecule has 0 aliphatic rings. The molecule has 8 nitrogen and oxygen atoms in total. The molecule has 0 saturated heterocycles. The van der Waals surface area contributed by atoms with Crippen LogP contribution in [0.5, 0.6) is 5.75 Å². The van der Waals surface area contributed by atoms with Crippen LogP contribution in [0.2, 0.25) is 5.02 Å². The van der Waals surface area contributed by atoms with Crippen molar-refractivity contribution < 1.29 is 22.7 Å². The molecule has 1 N–H and O–H groups in total. The first kappa shape index (κ1) is 32.0. The zero-order chi connectivity index (χ0) is 30.2. The van der Waals surface area contributed by atoms with Crippen molar-refractivity contribution in [3.8, 4) is 5.75 Å². The second-order valence-electron chi connectivity index (χ2n) is 9.93. The summed E-state index contributed by atoms with van der Waals surface area (Å²) in [4.78, 5) is 28.6. The third-order valence-electron chi connectivity index (χ3n) is 6.79. The Morgan fingerprint density at radius 1 is 1.00 bits per heavy atom. The maximum absolute atomic E-state index is 14.1. The first-order valence-electron chi connectivity index (χ1n) is 13.5. The third-order valence-corrected chi connectivity index (χ3v) is 8.93. The van der Waals surface area contributed by atoms with Gasteiger partial charge < -0.3 is 15.0 Å². The van der Waals surface area contributed by atoms with E-state index in [2.05, 4.69) is 5.32 Å². The Kier molecular flexibility index (Phi) is 11.2. The van der Waals surface area contributed by atoms with E-state index < -0.39 is 28.5 Å². The Balaban J connectivity index is 2.08. The van der Waals surface area contributed by atoms with Crippen molar-refractivity contribution >= 4 is 39.1 Å². The lowest BCUT2D eigenvalue weighted by Gasteiger charge is -2.32. The zero-order valence-corrected chi connectivity index (χ0v) is 25.8. The molecule has 220 valence electrons. The van der Waals surface area contributed by atoms with E-state index in [0.29, 0.717) is 22.9 Å². The Labute approximate surface area is 248 Å². The van der Waals surface area contributed by atoms with Gasteiger partial charge in [0.15, 0.2) is 0 Å². The molecular formula is C31H38ClN3O5S. The van der Waals surface area contributed by atoms with Gasteiger partial charge in [0.2, 0.25) is 11.8 Å². The van der Waals surface area contributed by atoms with Crippen LogP contribution < -0.4 is 14.4 Å². The molecule has 1 unspecified atom stereocenters. The lowest BCUT2D eigenvalue weighted by Crippen LogP contribution is -2.51. The number of anilines is 1. The van der Waals surface area contributed by atoms with Gasteiger partial charge in [0.25, 0.3) is 10.0 Å². The molecule has 41 heavy (non-hydrogen) atoms. The monoisotopic (exact) mass is 599 g/mol. The van der Waals surface area contributed by atoms with Gasteiger partial charge in [0.1, 0.15) is 18.3 Å². The number of halogens is 1. The molecule has 0 fully saturated rings. The van der Waals surface area contributed by atoms with Crippen molar-refractivity contribution in [1.29, 1.82) is 0 Å². The number of hydrogen-bond acceptors (Lipinski definition) is 5. The Bertz CT molecular complexity index is 1460. The first-order chi connectivity index (χ1) is 19.5. The number of sulfonamides is 1. The maximum Gasteiger partial charge on any atom is 0.264 e. The van der Waals surface area contributed by atoms with Crippen molar-refractivity contribution in [3.63, 3.8) is 0 Å². The number of nitrogens with zero attached hydrogens (tertiary/aromatic N) is 2. The molecule has 3 aromatic rings. The first-order valence-corrected chi connectivity index (χ1v) is 15.4. The molecule has 1 atom stereocenters. The normalized spacial score (nSPS) is 12.0. The highest BCUT2D eigenvalue weighted by atomic mass is 35.5. The number of methoxy groups -OCH3 is 1. The van der Waals surface area contributed by atoms with Crippen molar-refractivity contribution in [2.75, 3.05) is 24.5 Å². The average molecular weight is 600 g/mol. The summed E-state index contributed by atoms with van der Waals surface area (Å²) in [5.74, 6) is -0.607. The smallest absolute Gasteiger partial charge is 0.264 e. The van der Waals surface area contributed by atoms with E-state index in [1.165, 1.54) is 24.1 Å². The Morgan fingerprint density at radius 3 is 2.29 bits per heavy atom. The van der Waals surface area contributed by atoms with Gasteiger partial charge in [-0.1, -0.05) is 66.9 Å². The van der Waals surface area contributed by atoms with Crippen LogP contribution in [0, 0.1) is 13.8 Å². The molecule has 0 bridgehead atoms. The molecule has 2 amide bonds. The lowest BCUT2D eigenvalue weighted by atomic mass is 10.1. The fourth-order valence-corrected chi connectivity index (χ4v) is 5.89. The number of amides is 2. The van der Waals surface area contributed by atoms with E-state index >= 15 is 0 Å². The van der Waals surface area contributed by atoms with Gasteiger partial charge in [-0.2, -0.15) is 0 Å². The van der Waals surface area contributed by atoms with Crippen LogP contribution in [0.1, 0.15) is 43.4 Å². The highest BCUT2D eigenvalue weighted by Crippen LogP contribution is 2.34. The number of carbonyl (C=O) groups is 2. The molecule has 0 spiro atoms. The number of hydrogen-bond donors (Lipinski definition) is 1. The largest absolute Gasteiger partial charge is 0.495 e. The summed E-state index contributed by atoms with van der Waals surface area (Å²) >= 11 is 6.42. The van der Waals surface area contributed by atoms with Crippen molar-refractivity contribution in [3.05, 3.63) is 88.4 Å². The number of aryl methyl sites for hydroxylation is 2. The molecule has 0 saturated carbocycles. The molecule has 0 aromatic heterocycles. The van der Waals surface area contributed by atoms with Gasteiger partial charge >= 0.3 is 0 Å². The Morgan fingerprint density at radius 2 is 1.66 bits per heavy atom. The van der Waals surface area contributed by atoms with Gasteiger partial charge in [-0.15, -0.1) is 0 Å². The summed E-state index contributed by atoms with van der Waals surface area (Å²) in [5.41, 5.74) is 2.54. The number of nitrogens with one attached hydrogen (secondary N) is 1. The number of ether oxygens (including phenoxy) is 1. The maximum atomic E-state index is 14.1. The SMILES string of the molecule is CCCCNC(=O)C(C)N(Cc1ccccc1Cl)C(=O)CN(c1cc(C)ccc1OC)S(=O)(=O)c1ccc(C)cc1. The second-order valence-corrected chi connectivity index (χ2v) is 12.2. The van der Waals surface area contributed by atoms with Crippen LogP contribution >= 0.6 is 11.6 Å². The average Bonchev–Trinajstić information content (AvgIpc) is 2.95. The fourth-order valence-electron chi connectivity index (χ4n) is 4.27. The molecule has 3 rings (SSSR count). The van der Waals surface area contributed by atoms with E-state index in [9.17, 15) is 18.0 Å². The molecule has 0 aliphatic carbocycles. The van der Waals surface area contributed by atoms with Gasteiger partial charge in [-0.25, -0.2) is 8.42 Å². The van der Waals surface area contributed by atoms with Crippen molar-refractivity contribution in [2.45, 2.75) is 58.0 Å². The van der Waals surface area contributed by atoms with Crippen LogP contribution in [-0.2, 0) is 26.2 Å². The highest BCUT2D eigenvalue weighted by Gasteiger charge is 2.34. The van der Waals surface area contributed by atoms with Crippen LogP contribution in [-0.4, -0.2) is 51.4 Å².